The molecule has 2 aromatic heterocycles. The number of nitrogens with one attached hydrogen (secondary N) is 1. The van der Waals surface area contributed by atoms with Gasteiger partial charge in [-0.3, -0.25) is 4.79 Å². The summed E-state index contributed by atoms with van der Waals surface area (Å²) in [5.41, 5.74) is 0.916. The molecule has 0 spiro atoms. The van der Waals surface area contributed by atoms with Crippen LogP contribution in [0.3, 0.4) is 0 Å². The molecule has 27 heavy (non-hydrogen) atoms. The molecule has 1 N–H and O–H groups in total. The summed E-state index contributed by atoms with van der Waals surface area (Å²) < 4.78 is 3.65. The molecule has 0 aliphatic heterocycles. The van der Waals surface area contributed by atoms with Crippen molar-refractivity contribution in [3.8, 4) is 11.4 Å². The van der Waals surface area contributed by atoms with Crippen LogP contribution in [0.5, 0.6) is 0 Å². The van der Waals surface area contributed by atoms with E-state index in [4.69, 9.17) is 11.6 Å². The van der Waals surface area contributed by atoms with E-state index in [1.807, 2.05) is 56.7 Å². The van der Waals surface area contributed by atoms with Crippen molar-refractivity contribution in [3.63, 3.8) is 0 Å². The first-order valence-electron chi connectivity index (χ1n) is 8.53. The van der Waals surface area contributed by atoms with Crippen LogP contribution in [0.15, 0.2) is 41.7 Å². The van der Waals surface area contributed by atoms with E-state index in [1.165, 1.54) is 11.8 Å². The second kappa shape index (κ2) is 8.14. The normalized spacial score (nSPS) is 12.4. The first kappa shape index (κ1) is 19.4. The molecule has 0 fully saturated rings. The third-order valence-electron chi connectivity index (χ3n) is 4.00. The van der Waals surface area contributed by atoms with E-state index >= 15 is 0 Å². The number of amides is 1. The first-order valence-corrected chi connectivity index (χ1v) is 9.79. The van der Waals surface area contributed by atoms with Crippen molar-refractivity contribution in [1.82, 2.24) is 24.5 Å². The second-order valence-corrected chi connectivity index (χ2v) is 8.12. The first-order chi connectivity index (χ1) is 12.9. The number of carbonyl (C=O) groups excluding carboxylic acids is 1. The highest BCUT2D eigenvalue weighted by atomic mass is 35.5. The number of halogens is 1. The number of hydrogen-bond acceptors (Lipinski definition) is 5. The molecule has 0 aliphatic carbocycles. The van der Waals surface area contributed by atoms with Crippen molar-refractivity contribution in [2.45, 2.75) is 37.2 Å². The van der Waals surface area contributed by atoms with Crippen LogP contribution in [0.25, 0.3) is 11.4 Å². The molecular weight excluding hydrogens is 384 g/mol. The summed E-state index contributed by atoms with van der Waals surface area (Å²) in [5.74, 6) is 1.29. The SMILES string of the molecule is CC(C)n1nccc1NC(=O)[C@H](C)Sc1nnc(-c2ccc(Cl)cc2)n1C. The third-order valence-corrected chi connectivity index (χ3v) is 5.39. The Bertz CT molecular complexity index is 934. The van der Waals surface area contributed by atoms with Gasteiger partial charge >= 0.3 is 0 Å². The van der Waals surface area contributed by atoms with Crippen molar-refractivity contribution < 1.29 is 4.79 Å². The molecule has 142 valence electrons. The van der Waals surface area contributed by atoms with E-state index in [-0.39, 0.29) is 17.2 Å². The molecule has 0 bridgehead atoms. The van der Waals surface area contributed by atoms with Crippen LogP contribution in [0.4, 0.5) is 5.82 Å². The van der Waals surface area contributed by atoms with Crippen LogP contribution in [0.2, 0.25) is 5.02 Å². The average Bonchev–Trinajstić information content (AvgIpc) is 3.23. The van der Waals surface area contributed by atoms with Crippen molar-refractivity contribution in [2.24, 2.45) is 7.05 Å². The molecule has 0 saturated heterocycles. The zero-order valence-corrected chi connectivity index (χ0v) is 17.1. The maximum absolute atomic E-state index is 12.6. The lowest BCUT2D eigenvalue weighted by Gasteiger charge is -2.14. The predicted molar refractivity (Wildman–Crippen MR) is 108 cm³/mol. The Morgan fingerprint density at radius 1 is 1.15 bits per heavy atom. The summed E-state index contributed by atoms with van der Waals surface area (Å²) in [6, 6.07) is 9.36. The van der Waals surface area contributed by atoms with E-state index in [9.17, 15) is 4.79 Å². The van der Waals surface area contributed by atoms with E-state index in [1.54, 1.807) is 16.9 Å². The topological polar surface area (TPSA) is 77.6 Å². The van der Waals surface area contributed by atoms with Gasteiger partial charge in [0.15, 0.2) is 11.0 Å². The summed E-state index contributed by atoms with van der Waals surface area (Å²) in [5, 5.41) is 16.6. The molecule has 3 aromatic rings. The highest BCUT2D eigenvalue weighted by Crippen LogP contribution is 2.27. The fourth-order valence-electron chi connectivity index (χ4n) is 2.53. The summed E-state index contributed by atoms with van der Waals surface area (Å²) in [7, 11) is 1.88. The van der Waals surface area contributed by atoms with Gasteiger partial charge < -0.3 is 9.88 Å². The molecule has 7 nitrogen and oxygen atoms in total. The molecule has 0 radical (unpaired) electrons. The summed E-state index contributed by atoms with van der Waals surface area (Å²) in [6.07, 6.45) is 1.68. The van der Waals surface area contributed by atoms with Crippen LogP contribution in [-0.4, -0.2) is 35.7 Å². The monoisotopic (exact) mass is 404 g/mol. The zero-order valence-electron chi connectivity index (χ0n) is 15.5. The van der Waals surface area contributed by atoms with Gasteiger partial charge in [0, 0.05) is 29.7 Å². The van der Waals surface area contributed by atoms with Crippen molar-refractivity contribution in [2.75, 3.05) is 5.32 Å². The van der Waals surface area contributed by atoms with Gasteiger partial charge in [-0.15, -0.1) is 10.2 Å². The lowest BCUT2D eigenvalue weighted by molar-refractivity contribution is -0.115. The largest absolute Gasteiger partial charge is 0.310 e. The van der Waals surface area contributed by atoms with Crippen LogP contribution >= 0.6 is 23.4 Å². The minimum Gasteiger partial charge on any atom is -0.310 e. The van der Waals surface area contributed by atoms with Gasteiger partial charge in [0.2, 0.25) is 5.91 Å². The lowest BCUT2D eigenvalue weighted by Crippen LogP contribution is -2.25. The van der Waals surface area contributed by atoms with Gasteiger partial charge in [0.1, 0.15) is 5.82 Å². The van der Waals surface area contributed by atoms with Gasteiger partial charge in [0.25, 0.3) is 0 Å². The van der Waals surface area contributed by atoms with E-state index < -0.39 is 0 Å². The maximum Gasteiger partial charge on any atom is 0.238 e. The Hall–Kier alpha value is -2.32. The van der Waals surface area contributed by atoms with Crippen molar-refractivity contribution in [3.05, 3.63) is 41.6 Å². The van der Waals surface area contributed by atoms with E-state index in [2.05, 4.69) is 20.6 Å². The number of anilines is 1. The number of nitrogens with zero attached hydrogens (tertiary/aromatic N) is 5. The summed E-state index contributed by atoms with van der Waals surface area (Å²) in [4.78, 5) is 12.6. The number of carbonyl (C=O) groups is 1. The zero-order chi connectivity index (χ0) is 19.6. The van der Waals surface area contributed by atoms with Crippen molar-refractivity contribution >= 4 is 35.1 Å². The Kier molecular flexibility index (Phi) is 5.86. The summed E-state index contributed by atoms with van der Waals surface area (Å²) >= 11 is 7.29. The van der Waals surface area contributed by atoms with E-state index in [0.29, 0.717) is 16.0 Å². The second-order valence-electron chi connectivity index (χ2n) is 6.38. The molecule has 1 amide bonds. The standard InChI is InChI=1S/C18H21ClN6OS/c1-11(2)25-15(9-10-20-25)21-17(26)12(3)27-18-23-22-16(24(18)4)13-5-7-14(19)8-6-13/h5-12H,1-4H3,(H,21,26)/t12-/m0/s1. The Labute approximate surface area is 167 Å². The average molecular weight is 405 g/mol. The van der Waals surface area contributed by atoms with Crippen LogP contribution in [0.1, 0.15) is 26.8 Å². The third kappa shape index (κ3) is 4.33. The molecule has 1 atom stereocenters. The fraction of sp³-hybridized carbons (Fsp3) is 0.333. The minimum absolute atomic E-state index is 0.113. The molecule has 0 saturated carbocycles. The van der Waals surface area contributed by atoms with Crippen LogP contribution in [0, 0.1) is 0 Å². The van der Waals surface area contributed by atoms with Crippen LogP contribution < -0.4 is 5.32 Å². The predicted octanol–water partition coefficient (Wildman–Crippen LogP) is 4.03. The molecular formula is C18H21ClN6OS. The molecule has 1 aromatic carbocycles. The van der Waals surface area contributed by atoms with Gasteiger partial charge in [-0.1, -0.05) is 23.4 Å². The quantitative estimate of drug-likeness (QED) is 0.627. The number of hydrogen-bond donors (Lipinski definition) is 1. The Morgan fingerprint density at radius 3 is 2.52 bits per heavy atom. The van der Waals surface area contributed by atoms with E-state index in [0.717, 1.165) is 11.4 Å². The lowest BCUT2D eigenvalue weighted by atomic mass is 10.2. The number of rotatable bonds is 6. The van der Waals surface area contributed by atoms with Gasteiger partial charge in [0.05, 0.1) is 11.4 Å². The maximum atomic E-state index is 12.6. The molecule has 0 aliphatic rings. The van der Waals surface area contributed by atoms with Gasteiger partial charge in [-0.25, -0.2) is 4.68 Å². The van der Waals surface area contributed by atoms with Crippen LogP contribution in [-0.2, 0) is 11.8 Å². The molecule has 0 unspecified atom stereocenters. The molecule has 9 heteroatoms. The van der Waals surface area contributed by atoms with Crippen molar-refractivity contribution in [1.29, 1.82) is 0 Å². The van der Waals surface area contributed by atoms with Gasteiger partial charge in [-0.05, 0) is 45.0 Å². The smallest absolute Gasteiger partial charge is 0.238 e. The molecule has 2 heterocycles. The fourth-order valence-corrected chi connectivity index (χ4v) is 3.47. The summed E-state index contributed by atoms with van der Waals surface area (Å²) in [6.45, 7) is 5.87. The highest BCUT2D eigenvalue weighted by molar-refractivity contribution is 8.00. The Morgan fingerprint density at radius 2 is 1.85 bits per heavy atom. The van der Waals surface area contributed by atoms with Gasteiger partial charge in [-0.2, -0.15) is 5.10 Å². The minimum atomic E-state index is -0.346. The number of aromatic nitrogens is 5. The Balaban J connectivity index is 1.70. The highest BCUT2D eigenvalue weighted by Gasteiger charge is 2.20. The molecule has 3 rings (SSSR count). The number of thioether (sulfide) groups is 1. The number of benzene rings is 1.